The molecule has 1 heterocycles. The van der Waals surface area contributed by atoms with Crippen molar-refractivity contribution in [2.75, 3.05) is 4.90 Å². The number of nitrogens with zero attached hydrogens (tertiary/aromatic N) is 1. The second kappa shape index (κ2) is 10.8. The fourth-order valence-electron chi connectivity index (χ4n) is 7.50. The standard InChI is InChI=1S/C46H29NS/c1-2-11-30(12-3-1)32-14-10-15-35(25-32)47(36-23-21-33-28-46-43(27-34(33)26-36)41-19-8-9-20-45(41)48-46)44-29-42-37-16-5-4-13-31(37)22-24-39(42)38-17-6-7-18-40(38)44/h1-29H. The Morgan fingerprint density at radius 1 is 0.312 bits per heavy atom. The molecule has 0 radical (unpaired) electrons. The molecule has 0 amide bonds. The Hall–Kier alpha value is -5.96. The van der Waals surface area contributed by atoms with Gasteiger partial charge >= 0.3 is 0 Å². The smallest absolute Gasteiger partial charge is 0.0546 e. The van der Waals surface area contributed by atoms with E-state index in [4.69, 9.17) is 0 Å². The van der Waals surface area contributed by atoms with Gasteiger partial charge in [-0.05, 0) is 97.4 Å². The lowest BCUT2D eigenvalue weighted by atomic mass is 9.95. The number of hydrogen-bond acceptors (Lipinski definition) is 2. The fourth-order valence-corrected chi connectivity index (χ4v) is 8.64. The molecule has 10 rings (SSSR count). The van der Waals surface area contributed by atoms with Gasteiger partial charge in [0.25, 0.3) is 0 Å². The Morgan fingerprint density at radius 2 is 1.00 bits per heavy atom. The summed E-state index contributed by atoms with van der Waals surface area (Å²) < 4.78 is 2.66. The van der Waals surface area contributed by atoms with Gasteiger partial charge in [-0.1, -0.05) is 127 Å². The molecule has 1 aromatic heterocycles. The number of rotatable bonds is 4. The number of fused-ring (bicyclic) bond motifs is 9. The van der Waals surface area contributed by atoms with Crippen molar-refractivity contribution >= 4 is 91.7 Å². The summed E-state index contributed by atoms with van der Waals surface area (Å²) in [6.45, 7) is 0. The molecule has 2 heteroatoms. The largest absolute Gasteiger partial charge is 0.310 e. The van der Waals surface area contributed by atoms with Crippen molar-refractivity contribution in [3.63, 3.8) is 0 Å². The van der Waals surface area contributed by atoms with E-state index in [9.17, 15) is 0 Å². The van der Waals surface area contributed by atoms with Crippen LogP contribution in [-0.4, -0.2) is 0 Å². The van der Waals surface area contributed by atoms with Crippen molar-refractivity contribution in [2.24, 2.45) is 0 Å². The highest BCUT2D eigenvalue weighted by atomic mass is 32.1. The van der Waals surface area contributed by atoms with E-state index >= 15 is 0 Å². The van der Waals surface area contributed by atoms with Crippen LogP contribution >= 0.6 is 11.3 Å². The van der Waals surface area contributed by atoms with Crippen LogP contribution in [0.4, 0.5) is 17.1 Å². The molecule has 0 bridgehead atoms. The highest BCUT2D eigenvalue weighted by Crippen LogP contribution is 2.45. The van der Waals surface area contributed by atoms with E-state index < -0.39 is 0 Å². The van der Waals surface area contributed by atoms with Crippen molar-refractivity contribution in [2.45, 2.75) is 0 Å². The summed E-state index contributed by atoms with van der Waals surface area (Å²) in [7, 11) is 0. The quantitative estimate of drug-likeness (QED) is 0.176. The number of benzene rings is 9. The highest BCUT2D eigenvalue weighted by molar-refractivity contribution is 7.25. The summed E-state index contributed by atoms with van der Waals surface area (Å²) >= 11 is 1.87. The van der Waals surface area contributed by atoms with Gasteiger partial charge in [-0.15, -0.1) is 11.3 Å². The van der Waals surface area contributed by atoms with Gasteiger partial charge in [0.15, 0.2) is 0 Å². The van der Waals surface area contributed by atoms with Gasteiger partial charge in [0, 0.05) is 36.9 Å². The van der Waals surface area contributed by atoms with Crippen molar-refractivity contribution < 1.29 is 0 Å². The molecule has 48 heavy (non-hydrogen) atoms. The number of anilines is 3. The predicted molar refractivity (Wildman–Crippen MR) is 209 cm³/mol. The normalized spacial score (nSPS) is 11.8. The van der Waals surface area contributed by atoms with Crippen LogP contribution in [0.15, 0.2) is 176 Å². The average Bonchev–Trinajstić information content (AvgIpc) is 3.51. The number of hydrogen-bond donors (Lipinski definition) is 0. The third-order valence-electron chi connectivity index (χ3n) is 9.77. The van der Waals surface area contributed by atoms with Crippen LogP contribution in [0.1, 0.15) is 0 Å². The topological polar surface area (TPSA) is 3.24 Å². The Bertz CT molecular complexity index is 2850. The van der Waals surface area contributed by atoms with Crippen LogP contribution in [0.3, 0.4) is 0 Å². The minimum absolute atomic E-state index is 1.13. The first kappa shape index (κ1) is 27.2. The van der Waals surface area contributed by atoms with E-state index in [1.165, 1.54) is 80.1 Å². The lowest BCUT2D eigenvalue weighted by Crippen LogP contribution is -2.11. The molecule has 0 spiro atoms. The van der Waals surface area contributed by atoms with Crippen molar-refractivity contribution in [1.82, 2.24) is 0 Å². The summed E-state index contributed by atoms with van der Waals surface area (Å²) in [5.74, 6) is 0. The molecule has 0 aliphatic carbocycles. The lowest BCUT2D eigenvalue weighted by molar-refractivity contribution is 1.31. The molecule has 9 aromatic carbocycles. The third kappa shape index (κ3) is 4.31. The first-order valence-corrected chi connectivity index (χ1v) is 17.2. The van der Waals surface area contributed by atoms with Gasteiger partial charge in [-0.3, -0.25) is 0 Å². The summed E-state index contributed by atoms with van der Waals surface area (Å²) in [5.41, 5.74) is 5.83. The lowest BCUT2D eigenvalue weighted by Gasteiger charge is -2.28. The summed E-state index contributed by atoms with van der Waals surface area (Å²) in [4.78, 5) is 2.46. The average molecular weight is 628 g/mol. The maximum Gasteiger partial charge on any atom is 0.0546 e. The molecule has 0 fully saturated rings. The Kier molecular flexibility index (Phi) is 6.12. The van der Waals surface area contributed by atoms with Gasteiger partial charge in [0.2, 0.25) is 0 Å². The van der Waals surface area contributed by atoms with E-state index in [1.54, 1.807) is 0 Å². The molecule has 0 unspecified atom stereocenters. The van der Waals surface area contributed by atoms with Gasteiger partial charge < -0.3 is 4.90 Å². The first-order valence-electron chi connectivity index (χ1n) is 16.4. The summed E-state index contributed by atoms with van der Waals surface area (Å²) in [5, 5.41) is 12.7. The Balaban J connectivity index is 1.28. The summed E-state index contributed by atoms with van der Waals surface area (Å²) in [6.07, 6.45) is 0. The van der Waals surface area contributed by atoms with Crippen LogP contribution in [0, 0.1) is 0 Å². The van der Waals surface area contributed by atoms with Crippen molar-refractivity contribution in [1.29, 1.82) is 0 Å². The Labute approximate surface area is 282 Å². The number of thiophene rings is 1. The second-order valence-corrected chi connectivity index (χ2v) is 13.6. The molecule has 0 N–H and O–H groups in total. The zero-order chi connectivity index (χ0) is 31.6. The molecule has 0 atom stereocenters. The van der Waals surface area contributed by atoms with Crippen LogP contribution in [-0.2, 0) is 0 Å². The highest BCUT2D eigenvalue weighted by Gasteiger charge is 2.19. The third-order valence-corrected chi connectivity index (χ3v) is 10.9. The molecule has 0 saturated heterocycles. The predicted octanol–water partition coefficient (Wildman–Crippen LogP) is 13.8. The van der Waals surface area contributed by atoms with Gasteiger partial charge in [-0.25, -0.2) is 0 Å². The molecule has 0 aliphatic heterocycles. The SMILES string of the molecule is c1ccc(-c2cccc(N(c3ccc4cc5sc6ccccc6c5cc4c3)c3cc4c5ccccc5ccc4c4ccccc34)c2)cc1. The molecule has 224 valence electrons. The van der Waals surface area contributed by atoms with Crippen LogP contribution in [0.2, 0.25) is 0 Å². The van der Waals surface area contributed by atoms with E-state index in [0.29, 0.717) is 0 Å². The van der Waals surface area contributed by atoms with Gasteiger partial charge in [-0.2, -0.15) is 0 Å². The fraction of sp³-hybridized carbons (Fsp3) is 0. The van der Waals surface area contributed by atoms with Crippen molar-refractivity contribution in [3.8, 4) is 11.1 Å². The van der Waals surface area contributed by atoms with Gasteiger partial charge in [0.05, 0.1) is 5.69 Å². The van der Waals surface area contributed by atoms with Crippen LogP contribution < -0.4 is 4.90 Å². The van der Waals surface area contributed by atoms with E-state index in [1.807, 2.05) is 11.3 Å². The first-order chi connectivity index (χ1) is 23.8. The Morgan fingerprint density at radius 3 is 1.90 bits per heavy atom. The molecule has 10 aromatic rings. The molecule has 0 aliphatic rings. The van der Waals surface area contributed by atoms with Crippen molar-refractivity contribution in [3.05, 3.63) is 176 Å². The van der Waals surface area contributed by atoms with Gasteiger partial charge in [0.1, 0.15) is 0 Å². The van der Waals surface area contributed by atoms with E-state index in [-0.39, 0.29) is 0 Å². The monoisotopic (exact) mass is 627 g/mol. The second-order valence-electron chi connectivity index (χ2n) is 12.6. The minimum Gasteiger partial charge on any atom is -0.310 e. The molecule has 0 saturated carbocycles. The van der Waals surface area contributed by atoms with E-state index in [2.05, 4.69) is 181 Å². The minimum atomic E-state index is 1.13. The maximum absolute atomic E-state index is 2.46. The summed E-state index contributed by atoms with van der Waals surface area (Å²) in [6, 6.07) is 64.7. The molecular weight excluding hydrogens is 599 g/mol. The van der Waals surface area contributed by atoms with Crippen LogP contribution in [0.25, 0.3) is 74.4 Å². The zero-order valence-electron chi connectivity index (χ0n) is 26.1. The maximum atomic E-state index is 2.46. The van der Waals surface area contributed by atoms with E-state index in [0.717, 1.165) is 11.4 Å². The molecule has 1 nitrogen and oxygen atoms in total. The van der Waals surface area contributed by atoms with Crippen LogP contribution in [0.5, 0.6) is 0 Å². The molecular formula is C46H29NS. The zero-order valence-corrected chi connectivity index (χ0v) is 26.9.